The Labute approximate surface area is 65.2 Å². The first kappa shape index (κ1) is 11.7. The molecule has 8 heteroatoms. The summed E-state index contributed by atoms with van der Waals surface area (Å²) < 4.78 is 80.1. The Hall–Kier alpha value is -0.270. The SMILES string of the molecule is CC[SH](=O)(C(F)(F)F)C(F)(F)F. The van der Waals surface area contributed by atoms with Crippen LogP contribution in [0, 0.1) is 0 Å². The van der Waals surface area contributed by atoms with Crippen LogP contribution in [-0.4, -0.2) is 21.0 Å². The Morgan fingerprint density at radius 3 is 1.25 bits per heavy atom. The van der Waals surface area contributed by atoms with Crippen LogP contribution in [0.3, 0.4) is 0 Å². The predicted octanol–water partition coefficient (Wildman–Crippen LogP) is 2.06. The van der Waals surface area contributed by atoms with Gasteiger partial charge in [0, 0.05) is 5.75 Å². The molecule has 0 aromatic heterocycles. The van der Waals surface area contributed by atoms with E-state index in [2.05, 4.69) is 0 Å². The third-order valence-electron chi connectivity index (χ3n) is 1.26. The fourth-order valence-corrected chi connectivity index (χ4v) is 1.51. The molecule has 12 heavy (non-hydrogen) atoms. The third-order valence-corrected chi connectivity index (χ3v) is 3.79. The van der Waals surface area contributed by atoms with Crippen LogP contribution < -0.4 is 0 Å². The molecule has 0 aliphatic heterocycles. The maximum absolute atomic E-state index is 11.6. The van der Waals surface area contributed by atoms with Crippen molar-refractivity contribution in [3.8, 4) is 0 Å². The van der Waals surface area contributed by atoms with E-state index < -0.39 is 26.7 Å². The Kier molecular flexibility index (Phi) is 2.83. The van der Waals surface area contributed by atoms with Gasteiger partial charge in [-0.2, -0.15) is 26.3 Å². The molecule has 0 aromatic rings. The summed E-state index contributed by atoms with van der Waals surface area (Å²) in [6.07, 6.45) is 0. The van der Waals surface area contributed by atoms with Crippen LogP contribution in [0.4, 0.5) is 26.3 Å². The Morgan fingerprint density at radius 2 is 1.25 bits per heavy atom. The number of hydrogen-bond acceptors (Lipinski definition) is 1. The lowest BCUT2D eigenvalue weighted by atomic mass is 11.0. The first-order valence-electron chi connectivity index (χ1n) is 2.79. The average Bonchev–Trinajstić information content (AvgIpc) is 1.81. The standard InChI is InChI=1S/C4H6F6OS/c1-2-12(11,3(5,6)7)4(8,9)10/h12H,2H2,1H3. The average molecular weight is 216 g/mol. The first-order chi connectivity index (χ1) is 5.06. The van der Waals surface area contributed by atoms with Crippen LogP contribution in [0.15, 0.2) is 0 Å². The highest BCUT2D eigenvalue weighted by molar-refractivity contribution is 8.04. The molecular weight excluding hydrogens is 210 g/mol. The van der Waals surface area contributed by atoms with E-state index >= 15 is 0 Å². The Balaban J connectivity index is 5.11. The molecule has 0 aromatic carbocycles. The maximum atomic E-state index is 11.6. The fourth-order valence-electron chi connectivity index (χ4n) is 0.502. The Bertz CT molecular complexity index is 185. The summed E-state index contributed by atoms with van der Waals surface area (Å²) in [7, 11) is -6.07. The van der Waals surface area contributed by atoms with Crippen LogP contribution in [-0.2, 0) is 9.93 Å². The van der Waals surface area contributed by atoms with Gasteiger partial charge in [-0.05, 0) is 0 Å². The van der Waals surface area contributed by atoms with E-state index in [1.54, 1.807) is 0 Å². The molecule has 0 aliphatic rings. The normalized spacial score (nSPS) is 16.2. The van der Waals surface area contributed by atoms with E-state index in [1.165, 1.54) is 0 Å². The highest BCUT2D eigenvalue weighted by Gasteiger charge is 2.60. The summed E-state index contributed by atoms with van der Waals surface area (Å²) in [4.78, 5) is 0. The summed E-state index contributed by atoms with van der Waals surface area (Å²) >= 11 is 0. The largest absolute Gasteiger partial charge is 0.456 e. The van der Waals surface area contributed by atoms with Crippen LogP contribution in [0.25, 0.3) is 0 Å². The molecule has 0 rings (SSSR count). The molecule has 0 radical (unpaired) electrons. The summed E-state index contributed by atoms with van der Waals surface area (Å²) in [5.74, 6) is -1.44. The molecule has 0 aliphatic carbocycles. The van der Waals surface area contributed by atoms with Gasteiger partial charge in [0.25, 0.3) is 0 Å². The van der Waals surface area contributed by atoms with Crippen molar-refractivity contribution < 1.29 is 30.6 Å². The predicted molar refractivity (Wildman–Crippen MR) is 32.2 cm³/mol. The van der Waals surface area contributed by atoms with Gasteiger partial charge in [-0.3, -0.25) is 4.21 Å². The second kappa shape index (κ2) is 2.90. The highest BCUT2D eigenvalue weighted by atomic mass is 32.2. The van der Waals surface area contributed by atoms with Crippen molar-refractivity contribution in [2.45, 2.75) is 17.9 Å². The molecule has 0 atom stereocenters. The van der Waals surface area contributed by atoms with Crippen LogP contribution in [0.1, 0.15) is 6.92 Å². The van der Waals surface area contributed by atoms with Gasteiger partial charge in [0.15, 0.2) is 0 Å². The molecule has 0 heterocycles. The lowest BCUT2D eigenvalue weighted by molar-refractivity contribution is -0.0853. The van der Waals surface area contributed by atoms with Gasteiger partial charge in [-0.25, -0.2) is 0 Å². The van der Waals surface area contributed by atoms with E-state index in [1.807, 2.05) is 0 Å². The van der Waals surface area contributed by atoms with E-state index in [-0.39, 0.29) is 0 Å². The molecule has 0 spiro atoms. The van der Waals surface area contributed by atoms with E-state index in [0.29, 0.717) is 6.92 Å². The summed E-state index contributed by atoms with van der Waals surface area (Å²) in [6, 6.07) is 0. The molecule has 1 nitrogen and oxygen atoms in total. The topological polar surface area (TPSA) is 17.1 Å². The van der Waals surface area contributed by atoms with Crippen molar-refractivity contribution in [2.75, 3.05) is 5.75 Å². The minimum Gasteiger partial charge on any atom is -0.268 e. The van der Waals surface area contributed by atoms with Gasteiger partial charge < -0.3 is 0 Å². The zero-order valence-corrected chi connectivity index (χ0v) is 6.72. The van der Waals surface area contributed by atoms with Gasteiger partial charge in [-0.1, -0.05) is 6.92 Å². The quantitative estimate of drug-likeness (QED) is 0.524. The van der Waals surface area contributed by atoms with E-state index in [4.69, 9.17) is 0 Å². The third kappa shape index (κ3) is 1.73. The van der Waals surface area contributed by atoms with E-state index in [0.717, 1.165) is 0 Å². The van der Waals surface area contributed by atoms with E-state index in [9.17, 15) is 30.6 Å². The smallest absolute Gasteiger partial charge is 0.268 e. The van der Waals surface area contributed by atoms with Gasteiger partial charge in [0.05, 0.1) is 9.93 Å². The lowest BCUT2D eigenvalue weighted by Crippen LogP contribution is -2.45. The van der Waals surface area contributed by atoms with Gasteiger partial charge >= 0.3 is 11.0 Å². The summed E-state index contributed by atoms with van der Waals surface area (Å²) in [5, 5.41) is 0. The molecule has 0 fully saturated rings. The molecule has 0 amide bonds. The molecule has 0 saturated heterocycles. The fraction of sp³-hybridized carbons (Fsp3) is 1.00. The Morgan fingerprint density at radius 1 is 1.00 bits per heavy atom. The van der Waals surface area contributed by atoms with Crippen LogP contribution in [0.2, 0.25) is 0 Å². The van der Waals surface area contributed by atoms with Crippen molar-refractivity contribution in [3.05, 3.63) is 0 Å². The van der Waals surface area contributed by atoms with Gasteiger partial charge in [0.2, 0.25) is 0 Å². The summed E-state index contributed by atoms with van der Waals surface area (Å²) in [6.45, 7) is 0.599. The van der Waals surface area contributed by atoms with Crippen molar-refractivity contribution in [3.63, 3.8) is 0 Å². The number of alkyl halides is 6. The van der Waals surface area contributed by atoms with Crippen LogP contribution in [0.5, 0.6) is 0 Å². The zero-order chi connectivity index (χ0) is 10.2. The van der Waals surface area contributed by atoms with Gasteiger partial charge in [0.1, 0.15) is 0 Å². The lowest BCUT2D eigenvalue weighted by Gasteiger charge is -2.26. The number of hydrogen-bond donors (Lipinski definition) is 1. The van der Waals surface area contributed by atoms with Crippen molar-refractivity contribution in [1.29, 1.82) is 0 Å². The number of thiol groups is 1. The van der Waals surface area contributed by atoms with Gasteiger partial charge in [-0.15, -0.1) is 0 Å². The monoisotopic (exact) mass is 216 g/mol. The second-order valence-electron chi connectivity index (χ2n) is 1.99. The zero-order valence-electron chi connectivity index (χ0n) is 5.83. The highest BCUT2D eigenvalue weighted by Crippen LogP contribution is 2.43. The molecule has 0 N–H and O–H groups in total. The van der Waals surface area contributed by atoms with Crippen LogP contribution >= 0.6 is 0 Å². The number of halogens is 6. The molecular formula is C4H6F6OS. The molecule has 0 unspecified atom stereocenters. The minimum absolute atomic E-state index is 0.599. The number of rotatable bonds is 1. The van der Waals surface area contributed by atoms with Crippen molar-refractivity contribution in [1.82, 2.24) is 0 Å². The maximum Gasteiger partial charge on any atom is 0.456 e. The first-order valence-corrected chi connectivity index (χ1v) is 4.68. The molecule has 0 saturated carbocycles. The second-order valence-corrected chi connectivity index (χ2v) is 5.12. The van der Waals surface area contributed by atoms with Crippen molar-refractivity contribution in [2.24, 2.45) is 0 Å². The minimum atomic E-state index is -6.07. The summed E-state index contributed by atoms with van der Waals surface area (Å²) in [5.41, 5.74) is -11.4. The molecule has 76 valence electrons. The van der Waals surface area contributed by atoms with Crippen molar-refractivity contribution >= 4 is 9.93 Å². The molecule has 0 bridgehead atoms.